The first-order valence-electron chi connectivity index (χ1n) is 5.80. The summed E-state index contributed by atoms with van der Waals surface area (Å²) in [5.74, 6) is 0.356. The molecule has 2 rings (SSSR count). The lowest BCUT2D eigenvalue weighted by molar-refractivity contribution is 0.300. The molecule has 0 unspecified atom stereocenters. The van der Waals surface area contributed by atoms with Gasteiger partial charge in [0.2, 0.25) is 0 Å². The molecular formula is C13H14FN5. The van der Waals surface area contributed by atoms with Crippen LogP contribution in [0.1, 0.15) is 17.0 Å². The number of nitrogens with zero attached hydrogens (tertiary/aromatic N) is 5. The van der Waals surface area contributed by atoms with Crippen molar-refractivity contribution in [3.05, 3.63) is 47.3 Å². The van der Waals surface area contributed by atoms with Crippen molar-refractivity contribution < 1.29 is 4.39 Å². The summed E-state index contributed by atoms with van der Waals surface area (Å²) in [6, 6.07) is 6.69. The molecule has 1 aromatic carbocycles. The number of nitriles is 1. The van der Waals surface area contributed by atoms with Crippen molar-refractivity contribution in [2.24, 2.45) is 7.05 Å². The second kappa shape index (κ2) is 5.59. The molecule has 98 valence electrons. The third-order valence-electron chi connectivity index (χ3n) is 2.86. The maximum absolute atomic E-state index is 13.9. The van der Waals surface area contributed by atoms with Crippen LogP contribution in [0.2, 0.25) is 0 Å². The van der Waals surface area contributed by atoms with Crippen LogP contribution < -0.4 is 0 Å². The Kier molecular flexibility index (Phi) is 3.88. The fourth-order valence-corrected chi connectivity index (χ4v) is 1.84. The van der Waals surface area contributed by atoms with Crippen molar-refractivity contribution in [2.45, 2.75) is 13.1 Å². The van der Waals surface area contributed by atoms with E-state index in [1.165, 1.54) is 12.4 Å². The lowest BCUT2D eigenvalue weighted by atomic mass is 10.1. The summed E-state index contributed by atoms with van der Waals surface area (Å²) in [6.07, 6.45) is 1.49. The van der Waals surface area contributed by atoms with Crippen molar-refractivity contribution in [1.82, 2.24) is 19.7 Å². The van der Waals surface area contributed by atoms with E-state index in [0.29, 0.717) is 18.7 Å². The molecule has 2 aromatic rings. The number of hydrogen-bond acceptors (Lipinski definition) is 4. The van der Waals surface area contributed by atoms with Gasteiger partial charge in [-0.1, -0.05) is 12.1 Å². The number of benzene rings is 1. The van der Waals surface area contributed by atoms with Gasteiger partial charge >= 0.3 is 0 Å². The molecule has 0 N–H and O–H groups in total. The molecule has 5 nitrogen and oxygen atoms in total. The normalized spacial score (nSPS) is 10.7. The van der Waals surface area contributed by atoms with Gasteiger partial charge in [-0.15, -0.1) is 0 Å². The monoisotopic (exact) mass is 259 g/mol. The lowest BCUT2D eigenvalue weighted by Crippen LogP contribution is -2.20. The predicted molar refractivity (Wildman–Crippen MR) is 67.3 cm³/mol. The summed E-state index contributed by atoms with van der Waals surface area (Å²) in [7, 11) is 3.68. The molecule has 1 aromatic heterocycles. The van der Waals surface area contributed by atoms with Crippen LogP contribution in [0.15, 0.2) is 24.5 Å². The van der Waals surface area contributed by atoms with E-state index >= 15 is 0 Å². The number of rotatable bonds is 4. The maximum atomic E-state index is 13.9. The second-order valence-electron chi connectivity index (χ2n) is 4.36. The summed E-state index contributed by atoms with van der Waals surface area (Å²) < 4.78 is 15.6. The van der Waals surface area contributed by atoms with Gasteiger partial charge in [0.1, 0.15) is 24.0 Å². The van der Waals surface area contributed by atoms with Gasteiger partial charge in [-0.25, -0.2) is 9.37 Å². The number of hydrogen-bond donors (Lipinski definition) is 0. The largest absolute Gasteiger partial charge is 0.295 e. The Balaban J connectivity index is 2.10. The number of aromatic nitrogens is 3. The zero-order valence-electron chi connectivity index (χ0n) is 10.8. The van der Waals surface area contributed by atoms with Gasteiger partial charge in [0.05, 0.1) is 12.1 Å². The minimum atomic E-state index is -0.449. The number of aryl methyl sites for hydroxylation is 1. The highest BCUT2D eigenvalue weighted by atomic mass is 19.1. The molecule has 0 spiro atoms. The van der Waals surface area contributed by atoms with Gasteiger partial charge in [0.25, 0.3) is 0 Å². The zero-order valence-corrected chi connectivity index (χ0v) is 10.8. The molecule has 0 fully saturated rings. The fraction of sp³-hybridized carbons (Fsp3) is 0.308. The van der Waals surface area contributed by atoms with Crippen molar-refractivity contribution in [2.75, 3.05) is 7.05 Å². The van der Waals surface area contributed by atoms with Gasteiger partial charge in [-0.2, -0.15) is 10.4 Å². The molecule has 0 amide bonds. The van der Waals surface area contributed by atoms with Crippen molar-refractivity contribution in [3.63, 3.8) is 0 Å². The molecule has 0 radical (unpaired) electrons. The van der Waals surface area contributed by atoms with Crippen LogP contribution in [0, 0.1) is 17.1 Å². The smallest absolute Gasteiger partial charge is 0.145 e. The minimum absolute atomic E-state index is 0.0737. The van der Waals surface area contributed by atoms with Crippen LogP contribution >= 0.6 is 0 Å². The van der Waals surface area contributed by atoms with Gasteiger partial charge in [-0.05, 0) is 13.1 Å². The Morgan fingerprint density at radius 2 is 2.21 bits per heavy atom. The average Bonchev–Trinajstić information content (AvgIpc) is 2.78. The zero-order chi connectivity index (χ0) is 13.8. The van der Waals surface area contributed by atoms with Crippen LogP contribution in [-0.2, 0) is 20.1 Å². The molecule has 19 heavy (non-hydrogen) atoms. The topological polar surface area (TPSA) is 57.7 Å². The van der Waals surface area contributed by atoms with E-state index in [1.807, 2.05) is 25.1 Å². The molecule has 1 heterocycles. The van der Waals surface area contributed by atoms with E-state index in [1.54, 1.807) is 16.8 Å². The second-order valence-corrected chi connectivity index (χ2v) is 4.36. The Hall–Kier alpha value is -2.26. The van der Waals surface area contributed by atoms with Crippen LogP contribution in [0.4, 0.5) is 4.39 Å². The molecule has 0 bridgehead atoms. The fourth-order valence-electron chi connectivity index (χ4n) is 1.84. The van der Waals surface area contributed by atoms with E-state index < -0.39 is 5.82 Å². The SMILES string of the molecule is CN(Cc1cccc(C#N)c1F)Cc1ncnn1C. The molecule has 6 heteroatoms. The summed E-state index contributed by atoms with van der Waals surface area (Å²) in [6.45, 7) is 0.973. The van der Waals surface area contributed by atoms with Crippen molar-refractivity contribution in [1.29, 1.82) is 5.26 Å². The van der Waals surface area contributed by atoms with Gasteiger partial charge in [-0.3, -0.25) is 9.58 Å². The summed E-state index contributed by atoms with van der Waals surface area (Å²) in [4.78, 5) is 6.04. The first kappa shape index (κ1) is 13.2. The van der Waals surface area contributed by atoms with Crippen LogP contribution in [0.5, 0.6) is 0 Å². The van der Waals surface area contributed by atoms with Gasteiger partial charge in [0.15, 0.2) is 0 Å². The average molecular weight is 259 g/mol. The highest BCUT2D eigenvalue weighted by molar-refractivity contribution is 5.34. The Morgan fingerprint density at radius 1 is 1.42 bits per heavy atom. The number of halogens is 1. The molecular weight excluding hydrogens is 245 g/mol. The van der Waals surface area contributed by atoms with E-state index in [-0.39, 0.29) is 5.56 Å². The molecule has 0 aliphatic heterocycles. The molecule has 0 aliphatic rings. The van der Waals surface area contributed by atoms with Gasteiger partial charge in [0, 0.05) is 19.2 Å². The molecule has 0 atom stereocenters. The van der Waals surface area contributed by atoms with E-state index in [0.717, 1.165) is 5.82 Å². The predicted octanol–water partition coefficient (Wildman–Crippen LogP) is 1.46. The lowest BCUT2D eigenvalue weighted by Gasteiger charge is -2.16. The molecule has 0 saturated carbocycles. The Morgan fingerprint density at radius 3 is 2.84 bits per heavy atom. The molecule has 0 saturated heterocycles. The summed E-state index contributed by atoms with van der Waals surface area (Å²) in [5.41, 5.74) is 0.577. The minimum Gasteiger partial charge on any atom is -0.295 e. The summed E-state index contributed by atoms with van der Waals surface area (Å²) >= 11 is 0. The quantitative estimate of drug-likeness (QED) is 0.834. The van der Waals surface area contributed by atoms with E-state index in [2.05, 4.69) is 10.1 Å². The standard InChI is InChI=1S/C13H14FN5/c1-18(8-12-16-9-17-19(12)2)7-11-5-3-4-10(6-15)13(11)14/h3-5,9H,7-8H2,1-2H3. The van der Waals surface area contributed by atoms with Crippen LogP contribution in [0.25, 0.3) is 0 Å². The highest BCUT2D eigenvalue weighted by Crippen LogP contribution is 2.14. The Bertz CT molecular complexity index is 614. The van der Waals surface area contributed by atoms with E-state index in [9.17, 15) is 4.39 Å². The van der Waals surface area contributed by atoms with Crippen molar-refractivity contribution >= 4 is 0 Å². The van der Waals surface area contributed by atoms with Gasteiger partial charge < -0.3 is 0 Å². The van der Waals surface area contributed by atoms with Crippen molar-refractivity contribution in [3.8, 4) is 6.07 Å². The first-order valence-corrected chi connectivity index (χ1v) is 5.80. The van der Waals surface area contributed by atoms with E-state index in [4.69, 9.17) is 5.26 Å². The van der Waals surface area contributed by atoms with Crippen LogP contribution in [-0.4, -0.2) is 26.7 Å². The van der Waals surface area contributed by atoms with Crippen LogP contribution in [0.3, 0.4) is 0 Å². The highest BCUT2D eigenvalue weighted by Gasteiger charge is 2.11. The summed E-state index contributed by atoms with van der Waals surface area (Å²) in [5, 5.41) is 12.8. The maximum Gasteiger partial charge on any atom is 0.145 e. The third kappa shape index (κ3) is 2.95. The third-order valence-corrected chi connectivity index (χ3v) is 2.86. The first-order chi connectivity index (χ1) is 9.11. The Labute approximate surface area is 110 Å². The molecule has 0 aliphatic carbocycles.